The number of nitrogens with zero attached hydrogens (tertiary/aromatic N) is 1. The highest BCUT2D eigenvalue weighted by atomic mass is 79.9. The van der Waals surface area contributed by atoms with Crippen molar-refractivity contribution >= 4 is 22.0 Å². The summed E-state index contributed by atoms with van der Waals surface area (Å²) in [6, 6.07) is 9.95. The normalized spacial score (nSPS) is 20.4. The third-order valence-corrected chi connectivity index (χ3v) is 5.47. The highest BCUT2D eigenvalue weighted by molar-refractivity contribution is 9.09. The Labute approximate surface area is 159 Å². The Hall–Kier alpha value is -1.07. The van der Waals surface area contributed by atoms with E-state index in [1.165, 1.54) is 19.3 Å². The summed E-state index contributed by atoms with van der Waals surface area (Å²) in [5.74, 6) is 0. The quantitative estimate of drug-likeness (QED) is 0.411. The second-order valence-corrected chi connectivity index (χ2v) is 7.59. The second-order valence-electron chi connectivity index (χ2n) is 6.80. The molecule has 0 atom stereocenters. The molecule has 0 unspecified atom stereocenters. The van der Waals surface area contributed by atoms with Gasteiger partial charge in [0.25, 0.3) is 0 Å². The molecule has 0 radical (unpaired) electrons. The molecule has 1 aliphatic carbocycles. The van der Waals surface area contributed by atoms with Crippen LogP contribution in [0.2, 0.25) is 0 Å². The number of benzene rings is 1. The molecule has 0 heterocycles. The molecule has 0 aliphatic heterocycles. The van der Waals surface area contributed by atoms with Gasteiger partial charge in [-0.3, -0.25) is 0 Å². The van der Waals surface area contributed by atoms with Crippen LogP contribution in [0.25, 0.3) is 0 Å². The zero-order valence-corrected chi connectivity index (χ0v) is 16.5. The standard InChI is InChI=1S/C20H30BrNO3/c21-14-6-1-2-7-15-25-19-12-10-18(11-13-19)22(20(23)24)16-17-8-4-3-5-9-17/h3-5,8-9,18-19H,1-2,6-7,10-16H2,(H,23,24). The van der Waals surface area contributed by atoms with Gasteiger partial charge in [-0.2, -0.15) is 0 Å². The Morgan fingerprint density at radius 1 is 1.08 bits per heavy atom. The molecule has 1 saturated carbocycles. The van der Waals surface area contributed by atoms with Gasteiger partial charge in [0.1, 0.15) is 0 Å². The largest absolute Gasteiger partial charge is 0.465 e. The summed E-state index contributed by atoms with van der Waals surface area (Å²) in [4.78, 5) is 13.3. The molecule has 25 heavy (non-hydrogen) atoms. The number of alkyl halides is 1. The van der Waals surface area contributed by atoms with Gasteiger partial charge in [0, 0.05) is 24.5 Å². The maximum atomic E-state index is 11.7. The van der Waals surface area contributed by atoms with Crippen LogP contribution in [0.1, 0.15) is 56.9 Å². The van der Waals surface area contributed by atoms with E-state index in [1.54, 1.807) is 4.90 Å². The number of carbonyl (C=O) groups is 1. The summed E-state index contributed by atoms with van der Waals surface area (Å²) in [6.07, 6.45) is 8.05. The van der Waals surface area contributed by atoms with Gasteiger partial charge in [0.2, 0.25) is 0 Å². The summed E-state index contributed by atoms with van der Waals surface area (Å²) >= 11 is 3.45. The molecule has 5 heteroatoms. The van der Waals surface area contributed by atoms with Crippen LogP contribution in [0.5, 0.6) is 0 Å². The number of carboxylic acid groups (broad SMARTS) is 1. The summed E-state index contributed by atoms with van der Waals surface area (Å²) in [5.41, 5.74) is 1.05. The minimum absolute atomic E-state index is 0.108. The molecule has 2 rings (SSSR count). The summed E-state index contributed by atoms with van der Waals surface area (Å²) in [5, 5.41) is 10.7. The molecule has 0 aromatic heterocycles. The Morgan fingerprint density at radius 3 is 2.40 bits per heavy atom. The second kappa shape index (κ2) is 11.5. The zero-order chi connectivity index (χ0) is 17.9. The van der Waals surface area contributed by atoms with Crippen molar-refractivity contribution in [1.82, 2.24) is 4.90 Å². The topological polar surface area (TPSA) is 49.8 Å². The van der Waals surface area contributed by atoms with Crippen LogP contribution in [-0.4, -0.2) is 40.2 Å². The number of halogens is 1. The van der Waals surface area contributed by atoms with E-state index in [2.05, 4.69) is 15.9 Å². The van der Waals surface area contributed by atoms with Crippen LogP contribution >= 0.6 is 15.9 Å². The van der Waals surface area contributed by atoms with Crippen molar-refractivity contribution in [3.63, 3.8) is 0 Å². The van der Waals surface area contributed by atoms with Gasteiger partial charge in [-0.25, -0.2) is 4.79 Å². The van der Waals surface area contributed by atoms with E-state index < -0.39 is 6.09 Å². The van der Waals surface area contributed by atoms with Crippen LogP contribution in [0.15, 0.2) is 30.3 Å². The fourth-order valence-corrected chi connectivity index (χ4v) is 3.85. The number of hydrogen-bond acceptors (Lipinski definition) is 2. The SMILES string of the molecule is O=C(O)N(Cc1ccccc1)C1CCC(OCCCCCCBr)CC1. The van der Waals surface area contributed by atoms with E-state index in [0.29, 0.717) is 12.6 Å². The molecular formula is C20H30BrNO3. The van der Waals surface area contributed by atoms with Gasteiger partial charge >= 0.3 is 6.09 Å². The van der Waals surface area contributed by atoms with Crippen molar-refractivity contribution in [2.75, 3.05) is 11.9 Å². The highest BCUT2D eigenvalue weighted by Gasteiger charge is 2.29. The number of amides is 1. The maximum Gasteiger partial charge on any atom is 0.407 e. The lowest BCUT2D eigenvalue weighted by atomic mass is 9.91. The Morgan fingerprint density at radius 2 is 1.76 bits per heavy atom. The summed E-state index contributed by atoms with van der Waals surface area (Å²) < 4.78 is 5.99. The van der Waals surface area contributed by atoms with Crippen molar-refractivity contribution < 1.29 is 14.6 Å². The highest BCUT2D eigenvalue weighted by Crippen LogP contribution is 2.26. The third-order valence-electron chi connectivity index (χ3n) is 4.91. The number of rotatable bonds is 10. The molecule has 1 aromatic carbocycles. The average Bonchev–Trinajstić information content (AvgIpc) is 2.64. The van der Waals surface area contributed by atoms with Crippen LogP contribution < -0.4 is 0 Å². The first kappa shape index (κ1) is 20.2. The van der Waals surface area contributed by atoms with E-state index in [0.717, 1.165) is 49.6 Å². The van der Waals surface area contributed by atoms with Gasteiger partial charge < -0.3 is 14.7 Å². The molecule has 0 saturated heterocycles. The van der Waals surface area contributed by atoms with E-state index in [-0.39, 0.29) is 6.04 Å². The summed E-state index contributed by atoms with van der Waals surface area (Å²) in [7, 11) is 0. The van der Waals surface area contributed by atoms with E-state index in [1.807, 2.05) is 30.3 Å². The molecule has 1 fully saturated rings. The number of unbranched alkanes of at least 4 members (excludes halogenated alkanes) is 3. The van der Waals surface area contributed by atoms with Crippen molar-refractivity contribution in [1.29, 1.82) is 0 Å². The molecule has 1 N–H and O–H groups in total. The van der Waals surface area contributed by atoms with Crippen LogP contribution in [0.3, 0.4) is 0 Å². The molecule has 0 bridgehead atoms. The van der Waals surface area contributed by atoms with Gasteiger partial charge in [-0.05, 0) is 44.1 Å². The maximum absolute atomic E-state index is 11.7. The third kappa shape index (κ3) is 7.37. The van der Waals surface area contributed by atoms with E-state index in [9.17, 15) is 9.90 Å². The molecule has 4 nitrogen and oxygen atoms in total. The van der Waals surface area contributed by atoms with Crippen molar-refractivity contribution in [2.24, 2.45) is 0 Å². The van der Waals surface area contributed by atoms with Crippen LogP contribution in [-0.2, 0) is 11.3 Å². The lowest BCUT2D eigenvalue weighted by Gasteiger charge is -2.35. The van der Waals surface area contributed by atoms with Gasteiger partial charge in [0.05, 0.1) is 6.10 Å². The minimum atomic E-state index is -0.819. The smallest absolute Gasteiger partial charge is 0.407 e. The van der Waals surface area contributed by atoms with Crippen LogP contribution in [0.4, 0.5) is 4.79 Å². The first-order valence-electron chi connectivity index (χ1n) is 9.41. The Bertz CT molecular complexity index is 489. The van der Waals surface area contributed by atoms with Crippen molar-refractivity contribution in [3.05, 3.63) is 35.9 Å². The van der Waals surface area contributed by atoms with E-state index in [4.69, 9.17) is 4.74 Å². The van der Waals surface area contributed by atoms with Gasteiger partial charge in [0.15, 0.2) is 0 Å². The molecule has 140 valence electrons. The predicted octanol–water partition coefficient (Wildman–Crippen LogP) is 5.45. The lowest BCUT2D eigenvalue weighted by Crippen LogP contribution is -2.42. The fraction of sp³-hybridized carbons (Fsp3) is 0.650. The number of ether oxygens (including phenoxy) is 1. The first-order chi connectivity index (χ1) is 12.2. The molecule has 1 aliphatic rings. The van der Waals surface area contributed by atoms with Crippen LogP contribution in [0, 0.1) is 0 Å². The van der Waals surface area contributed by atoms with E-state index >= 15 is 0 Å². The Kier molecular flexibility index (Phi) is 9.33. The monoisotopic (exact) mass is 411 g/mol. The van der Waals surface area contributed by atoms with Crippen molar-refractivity contribution in [2.45, 2.75) is 70.1 Å². The predicted molar refractivity (Wildman–Crippen MR) is 104 cm³/mol. The molecular weight excluding hydrogens is 382 g/mol. The average molecular weight is 412 g/mol. The minimum Gasteiger partial charge on any atom is -0.465 e. The Balaban J connectivity index is 1.71. The summed E-state index contributed by atoms with van der Waals surface area (Å²) in [6.45, 7) is 1.31. The molecule has 0 spiro atoms. The lowest BCUT2D eigenvalue weighted by molar-refractivity contribution is 0.00605. The fourth-order valence-electron chi connectivity index (χ4n) is 3.46. The van der Waals surface area contributed by atoms with Crippen molar-refractivity contribution in [3.8, 4) is 0 Å². The van der Waals surface area contributed by atoms with Gasteiger partial charge in [-0.15, -0.1) is 0 Å². The van der Waals surface area contributed by atoms with Gasteiger partial charge in [-0.1, -0.05) is 59.1 Å². The molecule has 1 amide bonds. The first-order valence-corrected chi connectivity index (χ1v) is 10.5. The number of hydrogen-bond donors (Lipinski definition) is 1. The zero-order valence-electron chi connectivity index (χ0n) is 14.9. The molecule has 1 aromatic rings.